The molecule has 2 rings (SSSR count). The molecule has 1 amide bonds. The molecule has 1 aromatic carbocycles. The molecule has 14 heteroatoms. The Balaban J connectivity index is 2.00. The zero-order chi connectivity index (χ0) is 31.1. The lowest BCUT2D eigenvalue weighted by Crippen LogP contribution is -2.35. The van der Waals surface area contributed by atoms with Crippen LogP contribution in [-0.2, 0) is 38.0 Å². The summed E-state index contributed by atoms with van der Waals surface area (Å²) in [6.45, 7) is 4.91. The monoisotopic (exact) mass is 628 g/mol. The van der Waals surface area contributed by atoms with E-state index in [2.05, 4.69) is 15.4 Å². The van der Waals surface area contributed by atoms with E-state index in [1.807, 2.05) is 0 Å². The molecule has 0 fully saturated rings. The maximum atomic E-state index is 13.2. The second-order valence-electron chi connectivity index (χ2n) is 8.49. The molecule has 0 aliphatic carbocycles. The van der Waals surface area contributed by atoms with Gasteiger partial charge in [0.05, 0.1) is 49.7 Å². The number of esters is 2. The van der Waals surface area contributed by atoms with Gasteiger partial charge in [-0.3, -0.25) is 0 Å². The number of carbonyl (C=O) groups excluding carboxylic acids is 4. The van der Waals surface area contributed by atoms with Crippen molar-refractivity contribution in [1.29, 1.82) is 0 Å². The number of amides is 1. The molecule has 1 heterocycles. The fourth-order valence-electron chi connectivity index (χ4n) is 3.85. The minimum absolute atomic E-state index is 0.0612. The fraction of sp³-hybridized carbons (Fsp3) is 0.429. The molecule has 12 nitrogen and oxygen atoms in total. The van der Waals surface area contributed by atoms with E-state index in [-0.39, 0.29) is 50.7 Å². The molecule has 1 aliphatic heterocycles. The van der Waals surface area contributed by atoms with Gasteiger partial charge in [-0.05, 0) is 44.6 Å². The first-order valence-corrected chi connectivity index (χ1v) is 13.7. The molecule has 0 saturated heterocycles. The molecule has 0 spiro atoms. The van der Waals surface area contributed by atoms with Crippen molar-refractivity contribution in [1.82, 2.24) is 10.6 Å². The number of halogens is 2. The number of allylic oxidation sites excluding steroid dienone is 1. The van der Waals surface area contributed by atoms with Gasteiger partial charge < -0.3 is 39.1 Å². The summed E-state index contributed by atoms with van der Waals surface area (Å²) >= 11 is 12.0. The van der Waals surface area contributed by atoms with E-state index in [1.165, 1.54) is 26.2 Å². The lowest BCUT2D eigenvalue weighted by molar-refractivity contribution is -0.139. The Bertz CT molecular complexity index is 1210. The molecule has 42 heavy (non-hydrogen) atoms. The Morgan fingerprint density at radius 2 is 1.74 bits per heavy atom. The van der Waals surface area contributed by atoms with Gasteiger partial charge in [0.1, 0.15) is 13.2 Å². The predicted molar refractivity (Wildman–Crippen MR) is 153 cm³/mol. The number of ether oxygens (including phenoxy) is 6. The zero-order valence-electron chi connectivity index (χ0n) is 23.7. The van der Waals surface area contributed by atoms with Gasteiger partial charge in [0.15, 0.2) is 5.56 Å². The molecule has 2 atom stereocenters. The first-order valence-electron chi connectivity index (χ1n) is 12.9. The number of benzene rings is 1. The van der Waals surface area contributed by atoms with Crippen LogP contribution < -0.4 is 10.6 Å². The van der Waals surface area contributed by atoms with Crippen molar-refractivity contribution in [3.63, 3.8) is 0 Å². The molecule has 0 aromatic heterocycles. The Hall–Kier alpha value is -3.74. The number of nitrogens with one attached hydrogen (secondary N) is 2. The number of methoxy groups -OCH3 is 1. The number of dihydropyridines is 1. The highest BCUT2D eigenvalue weighted by atomic mass is 35.5. The minimum Gasteiger partial charge on any atom is -0.466 e. The SMILES string of the molecule is CCOC(=O)C1=C(COCCNC(=O)OC/C=C\COC(=O)OC(C)Cl)NC(C)=C(C(=O)OC)C1c1ccccc1Cl. The highest BCUT2D eigenvalue weighted by molar-refractivity contribution is 6.31. The molecule has 1 aliphatic rings. The van der Waals surface area contributed by atoms with E-state index in [4.69, 9.17) is 46.9 Å². The second-order valence-corrected chi connectivity index (χ2v) is 9.52. The van der Waals surface area contributed by atoms with Crippen molar-refractivity contribution in [3.05, 3.63) is 69.5 Å². The van der Waals surface area contributed by atoms with Crippen LogP contribution in [0.5, 0.6) is 0 Å². The van der Waals surface area contributed by atoms with Crippen molar-refractivity contribution >= 4 is 47.4 Å². The summed E-state index contributed by atoms with van der Waals surface area (Å²) in [5.41, 5.74) is 0.929. The highest BCUT2D eigenvalue weighted by Crippen LogP contribution is 2.41. The van der Waals surface area contributed by atoms with Gasteiger partial charge >= 0.3 is 24.2 Å². The van der Waals surface area contributed by atoms with Crippen molar-refractivity contribution in [2.75, 3.05) is 46.7 Å². The van der Waals surface area contributed by atoms with E-state index in [0.717, 1.165) is 0 Å². The summed E-state index contributed by atoms with van der Waals surface area (Å²) in [4.78, 5) is 49.1. The van der Waals surface area contributed by atoms with E-state index in [0.29, 0.717) is 22.0 Å². The van der Waals surface area contributed by atoms with E-state index in [1.54, 1.807) is 38.1 Å². The molecule has 0 bridgehead atoms. The lowest BCUT2D eigenvalue weighted by Gasteiger charge is -2.31. The van der Waals surface area contributed by atoms with Gasteiger partial charge in [-0.15, -0.1) is 0 Å². The number of alkyl halides is 1. The summed E-state index contributed by atoms with van der Waals surface area (Å²) in [7, 11) is 1.25. The third kappa shape index (κ3) is 10.6. The van der Waals surface area contributed by atoms with Crippen LogP contribution >= 0.6 is 23.2 Å². The maximum absolute atomic E-state index is 13.2. The Morgan fingerprint density at radius 3 is 2.38 bits per heavy atom. The third-order valence-corrected chi connectivity index (χ3v) is 5.99. The maximum Gasteiger partial charge on any atom is 0.510 e. The van der Waals surface area contributed by atoms with E-state index in [9.17, 15) is 19.2 Å². The normalized spacial score (nSPS) is 15.5. The fourth-order valence-corrected chi connectivity index (χ4v) is 4.17. The zero-order valence-corrected chi connectivity index (χ0v) is 25.2. The Morgan fingerprint density at radius 1 is 1.05 bits per heavy atom. The van der Waals surface area contributed by atoms with Crippen LogP contribution in [-0.4, -0.2) is 76.4 Å². The van der Waals surface area contributed by atoms with Gasteiger partial charge in [-0.2, -0.15) is 0 Å². The number of hydrogen-bond donors (Lipinski definition) is 2. The average Bonchev–Trinajstić information content (AvgIpc) is 2.94. The number of carbonyl (C=O) groups is 4. The second kappa shape index (κ2) is 17.9. The largest absolute Gasteiger partial charge is 0.510 e. The molecular weight excluding hydrogens is 595 g/mol. The third-order valence-electron chi connectivity index (χ3n) is 5.56. The van der Waals surface area contributed by atoms with Crippen LogP contribution in [0.3, 0.4) is 0 Å². The molecule has 0 saturated carbocycles. The van der Waals surface area contributed by atoms with Gasteiger partial charge in [0, 0.05) is 17.3 Å². The molecule has 230 valence electrons. The summed E-state index contributed by atoms with van der Waals surface area (Å²) in [6.07, 6.45) is 1.35. The average molecular weight is 629 g/mol. The number of alkyl carbamates (subject to hydrolysis) is 1. The first-order chi connectivity index (χ1) is 20.1. The van der Waals surface area contributed by atoms with E-state index < -0.39 is 35.7 Å². The first kappa shape index (κ1) is 34.5. The molecule has 2 N–H and O–H groups in total. The molecular formula is C28H34Cl2N2O10. The van der Waals surface area contributed by atoms with Crippen LogP contribution in [0.25, 0.3) is 0 Å². The predicted octanol–water partition coefficient (Wildman–Crippen LogP) is 4.33. The molecule has 2 unspecified atom stereocenters. The quantitative estimate of drug-likeness (QED) is 0.0997. The Labute approximate surface area is 253 Å². The lowest BCUT2D eigenvalue weighted by atomic mass is 9.80. The minimum atomic E-state index is -0.913. The Kier molecular flexibility index (Phi) is 14.7. The van der Waals surface area contributed by atoms with Crippen LogP contribution in [0.15, 0.2) is 59.0 Å². The number of hydrogen-bond acceptors (Lipinski definition) is 11. The van der Waals surface area contributed by atoms with Gasteiger partial charge in [-0.25, -0.2) is 19.2 Å². The van der Waals surface area contributed by atoms with Crippen LogP contribution in [0.4, 0.5) is 9.59 Å². The standard InChI is InChI=1S/C28H34Cl2N2O10/c1-5-39-26(34)24-21(32-17(2)22(25(33)37-4)23(24)19-10-6-7-11-20(19)30)16-38-15-12-31-27(35)40-13-8-9-14-41-28(36)42-18(3)29/h6-11,18,23,32H,5,12-16H2,1-4H3,(H,31,35)/b9-8-. The van der Waals surface area contributed by atoms with Crippen molar-refractivity contribution in [2.45, 2.75) is 32.3 Å². The summed E-state index contributed by atoms with van der Waals surface area (Å²) in [5, 5.41) is 5.96. The number of rotatable bonds is 14. The van der Waals surface area contributed by atoms with Gasteiger partial charge in [0.25, 0.3) is 0 Å². The summed E-state index contributed by atoms with van der Waals surface area (Å²) in [5.74, 6) is -2.14. The van der Waals surface area contributed by atoms with Crippen molar-refractivity contribution in [2.24, 2.45) is 0 Å². The smallest absolute Gasteiger partial charge is 0.466 e. The van der Waals surface area contributed by atoms with Gasteiger partial charge in [0.2, 0.25) is 0 Å². The van der Waals surface area contributed by atoms with Crippen LogP contribution in [0.1, 0.15) is 32.3 Å². The summed E-state index contributed by atoms with van der Waals surface area (Å²) in [6, 6.07) is 6.88. The topological polar surface area (TPSA) is 148 Å². The summed E-state index contributed by atoms with van der Waals surface area (Å²) < 4.78 is 30.4. The van der Waals surface area contributed by atoms with Crippen molar-refractivity contribution < 1.29 is 47.6 Å². The molecule has 1 aromatic rings. The van der Waals surface area contributed by atoms with Gasteiger partial charge in [-0.1, -0.05) is 41.4 Å². The molecule has 0 radical (unpaired) electrons. The van der Waals surface area contributed by atoms with Crippen LogP contribution in [0, 0.1) is 0 Å². The van der Waals surface area contributed by atoms with Crippen molar-refractivity contribution in [3.8, 4) is 0 Å². The van der Waals surface area contributed by atoms with E-state index >= 15 is 0 Å². The van der Waals surface area contributed by atoms with Crippen LogP contribution in [0.2, 0.25) is 5.02 Å². The highest BCUT2D eigenvalue weighted by Gasteiger charge is 2.39.